The van der Waals surface area contributed by atoms with Gasteiger partial charge in [-0.05, 0) is 17.0 Å². The van der Waals surface area contributed by atoms with Gasteiger partial charge in [0.15, 0.2) is 0 Å². The first-order valence-corrected chi connectivity index (χ1v) is 5.61. The fourth-order valence-corrected chi connectivity index (χ4v) is 1.91. The molecule has 0 spiro atoms. The van der Waals surface area contributed by atoms with Crippen molar-refractivity contribution in [3.63, 3.8) is 0 Å². The molecule has 0 aliphatic carbocycles. The highest BCUT2D eigenvalue weighted by Gasteiger charge is 2.17. The third-order valence-corrected chi connectivity index (χ3v) is 2.80. The highest BCUT2D eigenvalue weighted by molar-refractivity contribution is 5.82. The van der Waals surface area contributed by atoms with Crippen molar-refractivity contribution in [1.29, 1.82) is 0 Å². The van der Waals surface area contributed by atoms with Crippen molar-refractivity contribution in [1.82, 2.24) is 4.98 Å². The zero-order chi connectivity index (χ0) is 11.8. The molecule has 0 radical (unpaired) electrons. The lowest BCUT2D eigenvalue weighted by atomic mass is 9.85. The minimum absolute atomic E-state index is 0.111. The lowest BCUT2D eigenvalue weighted by Crippen LogP contribution is -2.12. The second-order valence-corrected chi connectivity index (χ2v) is 5.13. The Morgan fingerprint density at radius 3 is 2.50 bits per heavy atom. The van der Waals surface area contributed by atoms with Gasteiger partial charge in [-0.1, -0.05) is 45.0 Å². The first-order chi connectivity index (χ1) is 7.52. The number of nitrogens with two attached hydrogens (primary N) is 1. The molecule has 2 N–H and O–H groups in total. The predicted octanol–water partition coefficient (Wildman–Crippen LogP) is 2.99. The van der Waals surface area contributed by atoms with E-state index in [0.29, 0.717) is 6.54 Å². The number of aromatic nitrogens is 1. The van der Waals surface area contributed by atoms with Crippen LogP contribution < -0.4 is 5.73 Å². The van der Waals surface area contributed by atoms with Crippen LogP contribution in [0.15, 0.2) is 30.3 Å². The molecule has 0 saturated carbocycles. The summed E-state index contributed by atoms with van der Waals surface area (Å²) in [6.45, 7) is 7.12. The third kappa shape index (κ3) is 1.93. The van der Waals surface area contributed by atoms with Crippen molar-refractivity contribution in [3.05, 3.63) is 41.6 Å². The van der Waals surface area contributed by atoms with Gasteiger partial charge >= 0.3 is 0 Å². The number of para-hydroxylation sites is 1. The summed E-state index contributed by atoms with van der Waals surface area (Å²) in [5.41, 5.74) is 9.06. The van der Waals surface area contributed by atoms with Gasteiger partial charge in [-0.3, -0.25) is 4.98 Å². The molecule has 0 saturated heterocycles. The summed E-state index contributed by atoms with van der Waals surface area (Å²) in [4.78, 5) is 4.64. The molecule has 0 unspecified atom stereocenters. The number of rotatable bonds is 1. The molecule has 0 bridgehead atoms. The molecule has 2 rings (SSSR count). The summed E-state index contributed by atoms with van der Waals surface area (Å²) in [7, 11) is 0. The van der Waals surface area contributed by atoms with Crippen molar-refractivity contribution in [3.8, 4) is 0 Å². The van der Waals surface area contributed by atoms with E-state index in [1.165, 1.54) is 10.9 Å². The Balaban J connectivity index is 2.74. The van der Waals surface area contributed by atoms with Gasteiger partial charge in [0.2, 0.25) is 0 Å². The Morgan fingerprint density at radius 1 is 1.12 bits per heavy atom. The van der Waals surface area contributed by atoms with Crippen molar-refractivity contribution in [2.45, 2.75) is 32.7 Å². The summed E-state index contributed by atoms with van der Waals surface area (Å²) < 4.78 is 0. The van der Waals surface area contributed by atoms with Gasteiger partial charge < -0.3 is 5.73 Å². The quantitative estimate of drug-likeness (QED) is 0.792. The van der Waals surface area contributed by atoms with Crippen LogP contribution in [0.2, 0.25) is 0 Å². The minimum atomic E-state index is 0.111. The molecule has 0 atom stereocenters. The maximum absolute atomic E-state index is 5.64. The molecule has 2 aromatic rings. The topological polar surface area (TPSA) is 38.9 Å². The zero-order valence-corrected chi connectivity index (χ0v) is 10.1. The minimum Gasteiger partial charge on any atom is -0.325 e. The summed E-state index contributed by atoms with van der Waals surface area (Å²) in [5.74, 6) is 0. The van der Waals surface area contributed by atoms with Gasteiger partial charge in [-0.15, -0.1) is 0 Å². The Labute approximate surface area is 96.5 Å². The van der Waals surface area contributed by atoms with Gasteiger partial charge in [0.05, 0.1) is 11.2 Å². The fourth-order valence-electron chi connectivity index (χ4n) is 1.91. The number of benzene rings is 1. The molecular weight excluding hydrogens is 196 g/mol. The van der Waals surface area contributed by atoms with E-state index >= 15 is 0 Å². The first kappa shape index (κ1) is 11.1. The van der Waals surface area contributed by atoms with Crippen LogP contribution in [-0.2, 0) is 12.0 Å². The molecule has 16 heavy (non-hydrogen) atoms. The Kier molecular flexibility index (Phi) is 2.68. The van der Waals surface area contributed by atoms with Crippen LogP contribution in [0.3, 0.4) is 0 Å². The summed E-state index contributed by atoms with van der Waals surface area (Å²) in [6.07, 6.45) is 0. The number of nitrogens with zero attached hydrogens (tertiary/aromatic N) is 1. The van der Waals surface area contributed by atoms with E-state index in [-0.39, 0.29) is 5.41 Å². The molecule has 1 aromatic heterocycles. The van der Waals surface area contributed by atoms with Gasteiger partial charge in [-0.25, -0.2) is 0 Å². The Hall–Kier alpha value is -1.41. The third-order valence-electron chi connectivity index (χ3n) is 2.80. The maximum Gasteiger partial charge on any atom is 0.0743 e. The number of pyridine rings is 1. The van der Waals surface area contributed by atoms with Crippen LogP contribution in [0.25, 0.3) is 10.9 Å². The summed E-state index contributed by atoms with van der Waals surface area (Å²) in [5, 5.41) is 1.18. The average Bonchev–Trinajstić information content (AvgIpc) is 2.26. The standard InChI is InChI=1S/C14H18N2/c1-14(2,3)12-6-4-5-10-7-8-11(9-15)16-13(10)12/h4-8H,9,15H2,1-3H3. The van der Waals surface area contributed by atoms with E-state index in [9.17, 15) is 0 Å². The van der Waals surface area contributed by atoms with Crippen LogP contribution in [0, 0.1) is 0 Å². The van der Waals surface area contributed by atoms with E-state index in [1.807, 2.05) is 6.07 Å². The van der Waals surface area contributed by atoms with Crippen LogP contribution in [0.1, 0.15) is 32.0 Å². The Morgan fingerprint density at radius 2 is 1.88 bits per heavy atom. The number of hydrogen-bond acceptors (Lipinski definition) is 2. The highest BCUT2D eigenvalue weighted by atomic mass is 14.7. The van der Waals surface area contributed by atoms with E-state index < -0.39 is 0 Å². The second-order valence-electron chi connectivity index (χ2n) is 5.13. The predicted molar refractivity (Wildman–Crippen MR) is 68.3 cm³/mol. The van der Waals surface area contributed by atoms with Crippen molar-refractivity contribution < 1.29 is 0 Å². The van der Waals surface area contributed by atoms with Crippen molar-refractivity contribution >= 4 is 10.9 Å². The summed E-state index contributed by atoms with van der Waals surface area (Å²) >= 11 is 0. The number of hydrogen-bond donors (Lipinski definition) is 1. The van der Waals surface area contributed by atoms with Crippen LogP contribution in [0.5, 0.6) is 0 Å². The van der Waals surface area contributed by atoms with Crippen LogP contribution >= 0.6 is 0 Å². The molecule has 0 aliphatic heterocycles. The molecule has 2 nitrogen and oxygen atoms in total. The van der Waals surface area contributed by atoms with Crippen LogP contribution in [0.4, 0.5) is 0 Å². The SMILES string of the molecule is CC(C)(C)c1cccc2ccc(CN)nc12. The molecular formula is C14H18N2. The van der Waals surface area contributed by atoms with E-state index in [2.05, 4.69) is 50.0 Å². The Bertz CT molecular complexity index is 510. The molecule has 2 heteroatoms. The van der Waals surface area contributed by atoms with Gasteiger partial charge in [-0.2, -0.15) is 0 Å². The monoisotopic (exact) mass is 214 g/mol. The van der Waals surface area contributed by atoms with Crippen molar-refractivity contribution in [2.24, 2.45) is 5.73 Å². The molecule has 0 aliphatic rings. The van der Waals surface area contributed by atoms with Gasteiger partial charge in [0, 0.05) is 11.9 Å². The van der Waals surface area contributed by atoms with Gasteiger partial charge in [0.25, 0.3) is 0 Å². The molecule has 1 heterocycles. The smallest absolute Gasteiger partial charge is 0.0743 e. The normalized spacial score (nSPS) is 12.0. The second kappa shape index (κ2) is 3.87. The largest absolute Gasteiger partial charge is 0.325 e. The zero-order valence-electron chi connectivity index (χ0n) is 10.1. The maximum atomic E-state index is 5.64. The lowest BCUT2D eigenvalue weighted by Gasteiger charge is -2.20. The fraction of sp³-hybridized carbons (Fsp3) is 0.357. The molecule has 0 fully saturated rings. The molecule has 0 amide bonds. The number of fused-ring (bicyclic) bond motifs is 1. The highest BCUT2D eigenvalue weighted by Crippen LogP contribution is 2.28. The molecule has 84 valence electrons. The van der Waals surface area contributed by atoms with E-state index in [4.69, 9.17) is 5.73 Å². The first-order valence-electron chi connectivity index (χ1n) is 5.61. The summed E-state index contributed by atoms with van der Waals surface area (Å²) in [6, 6.07) is 10.4. The van der Waals surface area contributed by atoms with Crippen molar-refractivity contribution in [2.75, 3.05) is 0 Å². The lowest BCUT2D eigenvalue weighted by molar-refractivity contribution is 0.594. The van der Waals surface area contributed by atoms with E-state index in [1.54, 1.807) is 0 Å². The molecule has 1 aromatic carbocycles. The van der Waals surface area contributed by atoms with Gasteiger partial charge in [0.1, 0.15) is 0 Å². The van der Waals surface area contributed by atoms with E-state index in [0.717, 1.165) is 11.2 Å². The van der Waals surface area contributed by atoms with Crippen LogP contribution in [-0.4, -0.2) is 4.98 Å². The average molecular weight is 214 g/mol.